The molecule has 5 aromatic carbocycles. The van der Waals surface area contributed by atoms with Crippen molar-refractivity contribution in [3.05, 3.63) is 173 Å². The van der Waals surface area contributed by atoms with Gasteiger partial charge in [0.2, 0.25) is 0 Å². The van der Waals surface area contributed by atoms with Crippen LogP contribution in [0.5, 0.6) is 0 Å². The Labute approximate surface area is 277 Å². The molecule has 9 heteroatoms. The van der Waals surface area contributed by atoms with Gasteiger partial charge in [-0.2, -0.15) is 0 Å². The van der Waals surface area contributed by atoms with Crippen LogP contribution in [-0.4, -0.2) is 50.0 Å². The number of carbonyl (C=O) groups is 2. The fourth-order valence-corrected chi connectivity index (χ4v) is 6.68. The second-order valence-corrected chi connectivity index (χ2v) is 11.7. The molecule has 48 heavy (non-hydrogen) atoms. The lowest BCUT2D eigenvalue weighted by Crippen LogP contribution is -2.42. The minimum Gasteiger partial charge on any atom is -0.480 e. The maximum absolute atomic E-state index is 12.9. The third kappa shape index (κ3) is 5.71. The van der Waals surface area contributed by atoms with E-state index >= 15 is 0 Å². The van der Waals surface area contributed by atoms with Crippen molar-refractivity contribution in [2.45, 2.75) is 30.3 Å². The Balaban J connectivity index is 1.09. The average Bonchev–Trinajstić information content (AvgIpc) is 3.74. The van der Waals surface area contributed by atoms with Gasteiger partial charge < -0.3 is 15.2 Å². The first kappa shape index (κ1) is 30.6. The van der Waals surface area contributed by atoms with Crippen molar-refractivity contribution in [2.24, 2.45) is 0 Å². The van der Waals surface area contributed by atoms with Crippen LogP contribution in [0.2, 0.25) is 0 Å². The number of hydrogen-bond donors (Lipinski definition) is 2. The van der Waals surface area contributed by atoms with Crippen LogP contribution in [0.3, 0.4) is 0 Å². The van der Waals surface area contributed by atoms with E-state index in [1.165, 1.54) is 0 Å². The number of aliphatic carboxylic acids is 1. The SMILES string of the molecule is O=C(NC(CCc1nnn(C(c2ccccc2)(c2ccccc2)c2ccccc2)n1)C(=O)O)OCC1c2ccccc2-c2ccccc21. The molecule has 0 bridgehead atoms. The van der Waals surface area contributed by atoms with Gasteiger partial charge in [-0.1, -0.05) is 140 Å². The molecular formula is C39H33N5O4. The molecule has 1 aliphatic carbocycles. The minimum atomic E-state index is -1.21. The number of carboxylic acid groups (broad SMARTS) is 1. The van der Waals surface area contributed by atoms with Crippen LogP contribution in [0, 0.1) is 0 Å². The van der Waals surface area contributed by atoms with Crippen molar-refractivity contribution < 1.29 is 19.4 Å². The van der Waals surface area contributed by atoms with E-state index in [0.29, 0.717) is 5.82 Å². The fourth-order valence-electron chi connectivity index (χ4n) is 6.68. The summed E-state index contributed by atoms with van der Waals surface area (Å²) >= 11 is 0. The summed E-state index contributed by atoms with van der Waals surface area (Å²) in [5, 5.41) is 26.2. The van der Waals surface area contributed by atoms with Crippen molar-refractivity contribution in [1.82, 2.24) is 25.5 Å². The molecule has 238 valence electrons. The molecular weight excluding hydrogens is 602 g/mol. The molecule has 0 aliphatic heterocycles. The van der Waals surface area contributed by atoms with Gasteiger partial charge in [0, 0.05) is 12.3 Å². The van der Waals surface area contributed by atoms with Gasteiger partial charge >= 0.3 is 12.1 Å². The first-order valence-electron chi connectivity index (χ1n) is 15.9. The standard InChI is InChI=1S/C39H33N5O4/c45-37(46)35(40-38(47)48-26-34-32-22-12-10-20-30(32)31-21-11-13-23-33(31)34)24-25-36-41-43-44(42-36)39(27-14-4-1-5-15-27,28-16-6-2-7-17-28)29-18-8-3-9-19-29/h1-23,34-35H,24-26H2,(H,40,47)(H,45,46). The summed E-state index contributed by atoms with van der Waals surface area (Å²) in [6, 6.07) is 44.8. The predicted molar refractivity (Wildman–Crippen MR) is 180 cm³/mol. The summed E-state index contributed by atoms with van der Waals surface area (Å²) in [6.45, 7) is 0.0859. The molecule has 1 amide bonds. The summed E-state index contributed by atoms with van der Waals surface area (Å²) < 4.78 is 5.61. The number of nitrogens with zero attached hydrogens (tertiary/aromatic N) is 4. The van der Waals surface area contributed by atoms with Gasteiger partial charge in [-0.05, 0) is 50.6 Å². The summed E-state index contributed by atoms with van der Waals surface area (Å²) in [4.78, 5) is 26.7. The summed E-state index contributed by atoms with van der Waals surface area (Å²) in [5.41, 5.74) is 6.25. The quantitative estimate of drug-likeness (QED) is 0.157. The van der Waals surface area contributed by atoms with Crippen LogP contribution in [-0.2, 0) is 21.5 Å². The monoisotopic (exact) mass is 635 g/mol. The number of fused-ring (bicyclic) bond motifs is 3. The number of tetrazole rings is 1. The van der Waals surface area contributed by atoms with E-state index in [4.69, 9.17) is 9.84 Å². The number of ether oxygens (including phenoxy) is 1. The highest BCUT2D eigenvalue weighted by atomic mass is 16.5. The largest absolute Gasteiger partial charge is 0.480 e. The van der Waals surface area contributed by atoms with E-state index in [2.05, 4.69) is 27.8 Å². The van der Waals surface area contributed by atoms with E-state index in [1.54, 1.807) is 4.80 Å². The zero-order valence-electron chi connectivity index (χ0n) is 26.0. The normalized spacial score (nSPS) is 12.9. The molecule has 1 heterocycles. The number of rotatable bonds is 11. The van der Waals surface area contributed by atoms with Crippen molar-refractivity contribution >= 4 is 12.1 Å². The number of nitrogens with one attached hydrogen (secondary N) is 1. The van der Waals surface area contributed by atoms with Gasteiger partial charge in [0.05, 0.1) is 0 Å². The predicted octanol–water partition coefficient (Wildman–Crippen LogP) is 6.44. The average molecular weight is 636 g/mol. The number of amides is 1. The topological polar surface area (TPSA) is 119 Å². The molecule has 1 atom stereocenters. The highest BCUT2D eigenvalue weighted by Crippen LogP contribution is 2.44. The Morgan fingerprint density at radius 1 is 0.729 bits per heavy atom. The highest BCUT2D eigenvalue weighted by molar-refractivity contribution is 5.81. The number of carbonyl (C=O) groups excluding carboxylic acids is 1. The number of aryl methyl sites for hydroxylation is 1. The molecule has 9 nitrogen and oxygen atoms in total. The third-order valence-corrected chi connectivity index (χ3v) is 8.92. The maximum atomic E-state index is 12.9. The van der Waals surface area contributed by atoms with Crippen LogP contribution in [0.15, 0.2) is 140 Å². The van der Waals surface area contributed by atoms with E-state index in [-0.39, 0.29) is 25.4 Å². The van der Waals surface area contributed by atoms with Gasteiger partial charge in [0.1, 0.15) is 12.6 Å². The zero-order chi connectivity index (χ0) is 32.9. The van der Waals surface area contributed by atoms with Crippen molar-refractivity contribution in [3.63, 3.8) is 0 Å². The molecule has 0 radical (unpaired) electrons. The Morgan fingerprint density at radius 3 is 1.71 bits per heavy atom. The van der Waals surface area contributed by atoms with Gasteiger partial charge in [-0.15, -0.1) is 15.0 Å². The smallest absolute Gasteiger partial charge is 0.407 e. The Bertz CT molecular complexity index is 1890. The van der Waals surface area contributed by atoms with E-state index in [0.717, 1.165) is 38.9 Å². The molecule has 1 unspecified atom stereocenters. The molecule has 7 rings (SSSR count). The summed E-state index contributed by atoms with van der Waals surface area (Å²) in [5.74, 6) is -0.962. The van der Waals surface area contributed by atoms with Crippen molar-refractivity contribution in [1.29, 1.82) is 0 Å². The minimum absolute atomic E-state index is 0.0419. The molecule has 0 fully saturated rings. The number of carboxylic acids is 1. The van der Waals surface area contributed by atoms with Gasteiger partial charge in [-0.3, -0.25) is 0 Å². The lowest BCUT2D eigenvalue weighted by molar-refractivity contribution is -0.139. The molecule has 1 aromatic heterocycles. The number of benzene rings is 5. The molecule has 1 aliphatic rings. The molecule has 0 spiro atoms. The third-order valence-electron chi connectivity index (χ3n) is 8.92. The lowest BCUT2D eigenvalue weighted by atomic mass is 9.77. The number of hydrogen-bond acceptors (Lipinski definition) is 6. The lowest BCUT2D eigenvalue weighted by Gasteiger charge is -2.34. The first-order chi connectivity index (χ1) is 23.6. The Hall–Kier alpha value is -6.09. The second kappa shape index (κ2) is 13.3. The van der Waals surface area contributed by atoms with Crippen LogP contribution < -0.4 is 5.32 Å². The van der Waals surface area contributed by atoms with E-state index < -0.39 is 23.6 Å². The first-order valence-corrected chi connectivity index (χ1v) is 15.9. The van der Waals surface area contributed by atoms with E-state index in [1.807, 2.05) is 127 Å². The number of alkyl carbamates (subject to hydrolysis) is 1. The highest BCUT2D eigenvalue weighted by Gasteiger charge is 2.41. The van der Waals surface area contributed by atoms with Crippen LogP contribution in [0.4, 0.5) is 4.79 Å². The Kier molecular flexibility index (Phi) is 8.49. The molecule has 0 saturated heterocycles. The second-order valence-electron chi connectivity index (χ2n) is 11.7. The van der Waals surface area contributed by atoms with E-state index in [9.17, 15) is 14.7 Å². The van der Waals surface area contributed by atoms with Crippen LogP contribution >= 0.6 is 0 Å². The Morgan fingerprint density at radius 2 is 1.21 bits per heavy atom. The van der Waals surface area contributed by atoms with Crippen LogP contribution in [0.1, 0.15) is 46.0 Å². The molecule has 0 saturated carbocycles. The fraction of sp³-hybridized carbons (Fsp3) is 0.154. The summed E-state index contributed by atoms with van der Waals surface area (Å²) in [6.07, 6.45) is -0.591. The number of aromatic nitrogens is 4. The zero-order valence-corrected chi connectivity index (χ0v) is 26.0. The van der Waals surface area contributed by atoms with Crippen molar-refractivity contribution in [2.75, 3.05) is 6.61 Å². The summed E-state index contributed by atoms with van der Waals surface area (Å²) in [7, 11) is 0. The molecule has 6 aromatic rings. The van der Waals surface area contributed by atoms with Gasteiger partial charge in [0.15, 0.2) is 11.4 Å². The van der Waals surface area contributed by atoms with Gasteiger partial charge in [0.25, 0.3) is 0 Å². The van der Waals surface area contributed by atoms with Crippen molar-refractivity contribution in [3.8, 4) is 11.1 Å². The molecule has 2 N–H and O–H groups in total. The maximum Gasteiger partial charge on any atom is 0.407 e. The van der Waals surface area contributed by atoms with Crippen LogP contribution in [0.25, 0.3) is 11.1 Å². The van der Waals surface area contributed by atoms with Gasteiger partial charge in [-0.25, -0.2) is 9.59 Å².